The van der Waals surface area contributed by atoms with Gasteiger partial charge in [-0.25, -0.2) is 14.5 Å². The van der Waals surface area contributed by atoms with Crippen molar-refractivity contribution >= 4 is 30.9 Å². The molecule has 0 saturated carbocycles. The van der Waals surface area contributed by atoms with Crippen LogP contribution in [0.2, 0.25) is 0 Å². The third-order valence-electron chi connectivity index (χ3n) is 3.00. The lowest BCUT2D eigenvalue weighted by molar-refractivity contribution is 0.0901. The second kappa shape index (κ2) is 5.77. The summed E-state index contributed by atoms with van der Waals surface area (Å²) in [5.41, 5.74) is 0.849. The normalized spacial score (nSPS) is 23.1. The molecule has 0 spiro atoms. The molecular weight excluding hydrogens is 288 g/mol. The molecule has 1 aromatic carbocycles. The Morgan fingerprint density at radius 1 is 1.29 bits per heavy atom. The van der Waals surface area contributed by atoms with Gasteiger partial charge in [-0.2, -0.15) is 10.1 Å². The van der Waals surface area contributed by atoms with Gasteiger partial charge in [0.25, 0.3) is 0 Å². The molecule has 1 saturated heterocycles. The number of rotatable bonds is 3. The molecule has 112 valence electrons. The number of amides is 4. The zero-order valence-corrected chi connectivity index (χ0v) is 13.0. The van der Waals surface area contributed by atoms with E-state index >= 15 is 0 Å². The molecule has 1 atom stereocenters. The van der Waals surface area contributed by atoms with E-state index in [1.807, 2.05) is 30.3 Å². The predicted molar refractivity (Wildman–Crippen MR) is 84.2 cm³/mol. The highest BCUT2D eigenvalue weighted by Crippen LogP contribution is 2.25. The van der Waals surface area contributed by atoms with Crippen molar-refractivity contribution in [3.63, 3.8) is 0 Å². The van der Waals surface area contributed by atoms with Gasteiger partial charge in [-0.15, -0.1) is 12.6 Å². The van der Waals surface area contributed by atoms with Crippen LogP contribution in [0.15, 0.2) is 35.4 Å². The molecule has 7 heteroatoms. The Bertz CT molecular complexity index is 572. The number of carbonyl (C=O) groups excluding carboxylic acids is 2. The van der Waals surface area contributed by atoms with E-state index in [-0.39, 0.29) is 6.04 Å². The maximum Gasteiger partial charge on any atom is 0.351 e. The molecule has 1 aromatic rings. The smallest absolute Gasteiger partial charge is 0.305 e. The van der Waals surface area contributed by atoms with Gasteiger partial charge in [-0.3, -0.25) is 0 Å². The van der Waals surface area contributed by atoms with Gasteiger partial charge in [0.15, 0.2) is 4.99 Å². The minimum atomic E-state index is -1.18. The van der Waals surface area contributed by atoms with E-state index in [0.29, 0.717) is 0 Å². The number of thiol groups is 1. The van der Waals surface area contributed by atoms with Gasteiger partial charge < -0.3 is 5.32 Å². The molecule has 0 radical (unpaired) electrons. The first-order valence-electron chi connectivity index (χ1n) is 6.60. The van der Waals surface area contributed by atoms with Crippen molar-refractivity contribution in [1.82, 2.24) is 15.2 Å². The van der Waals surface area contributed by atoms with Gasteiger partial charge in [-0.05, 0) is 26.3 Å². The molecular formula is C14H18N4O2S. The van der Waals surface area contributed by atoms with Crippen molar-refractivity contribution in [1.29, 1.82) is 0 Å². The minimum absolute atomic E-state index is 0.267. The lowest BCUT2D eigenvalue weighted by Gasteiger charge is -2.43. The lowest BCUT2D eigenvalue weighted by atomic mass is 10.2. The van der Waals surface area contributed by atoms with Crippen LogP contribution in [0, 0.1) is 0 Å². The SMILES string of the molecule is CC(C)N1C(=O)NC(C)(S)N(N=Cc2ccccc2)C1=O. The Hall–Kier alpha value is -2.02. The molecule has 21 heavy (non-hydrogen) atoms. The van der Waals surface area contributed by atoms with E-state index in [1.54, 1.807) is 27.0 Å². The maximum atomic E-state index is 12.4. The van der Waals surface area contributed by atoms with Crippen LogP contribution in [-0.2, 0) is 0 Å². The van der Waals surface area contributed by atoms with E-state index in [0.717, 1.165) is 15.5 Å². The highest BCUT2D eigenvalue weighted by atomic mass is 32.1. The summed E-state index contributed by atoms with van der Waals surface area (Å²) in [6.45, 7) is 5.13. The molecule has 4 amide bonds. The van der Waals surface area contributed by atoms with Crippen molar-refractivity contribution in [3.8, 4) is 0 Å². The Labute approximate surface area is 129 Å². The fourth-order valence-electron chi connectivity index (χ4n) is 1.97. The number of hydrogen-bond acceptors (Lipinski definition) is 4. The van der Waals surface area contributed by atoms with Gasteiger partial charge in [0, 0.05) is 6.04 Å². The Kier molecular flexibility index (Phi) is 4.22. The first kappa shape index (κ1) is 15.4. The van der Waals surface area contributed by atoms with Crippen LogP contribution in [0.3, 0.4) is 0 Å². The first-order valence-corrected chi connectivity index (χ1v) is 7.04. The third kappa shape index (κ3) is 3.18. The summed E-state index contributed by atoms with van der Waals surface area (Å²) in [4.78, 5) is 24.3. The molecule has 1 aliphatic rings. The summed E-state index contributed by atoms with van der Waals surface area (Å²) in [7, 11) is 0. The van der Waals surface area contributed by atoms with Crippen molar-refractivity contribution < 1.29 is 9.59 Å². The molecule has 6 nitrogen and oxygen atoms in total. The van der Waals surface area contributed by atoms with Crippen LogP contribution in [0.25, 0.3) is 0 Å². The van der Waals surface area contributed by atoms with Crippen LogP contribution in [0.5, 0.6) is 0 Å². The highest BCUT2D eigenvalue weighted by molar-refractivity contribution is 7.81. The number of urea groups is 2. The predicted octanol–water partition coefficient (Wildman–Crippen LogP) is 2.48. The monoisotopic (exact) mass is 306 g/mol. The summed E-state index contributed by atoms with van der Waals surface area (Å²) in [5.74, 6) is 0. The average molecular weight is 306 g/mol. The number of nitrogens with zero attached hydrogens (tertiary/aromatic N) is 3. The molecule has 0 bridgehead atoms. The van der Waals surface area contributed by atoms with Gasteiger partial charge in [0.1, 0.15) is 0 Å². The quantitative estimate of drug-likeness (QED) is 0.665. The molecule has 0 aliphatic carbocycles. The number of carbonyl (C=O) groups is 2. The lowest BCUT2D eigenvalue weighted by Crippen LogP contribution is -2.68. The zero-order valence-electron chi connectivity index (χ0n) is 12.1. The number of hydrazone groups is 1. The van der Waals surface area contributed by atoms with Crippen LogP contribution in [-0.4, -0.2) is 39.2 Å². The number of imide groups is 1. The van der Waals surface area contributed by atoms with E-state index < -0.39 is 17.1 Å². The first-order chi connectivity index (χ1) is 9.83. The largest absolute Gasteiger partial charge is 0.351 e. The van der Waals surface area contributed by atoms with Gasteiger partial charge in [0.2, 0.25) is 0 Å². The summed E-state index contributed by atoms with van der Waals surface area (Å²) < 4.78 is 0. The Morgan fingerprint density at radius 3 is 2.48 bits per heavy atom. The van der Waals surface area contributed by atoms with Crippen molar-refractivity contribution in [2.45, 2.75) is 31.8 Å². The fourth-order valence-corrected chi connectivity index (χ4v) is 2.20. The van der Waals surface area contributed by atoms with Gasteiger partial charge in [0.05, 0.1) is 6.21 Å². The van der Waals surface area contributed by atoms with Crippen LogP contribution < -0.4 is 5.32 Å². The Balaban J connectivity index is 2.29. The molecule has 2 rings (SSSR count). The number of hydrogen-bond donors (Lipinski definition) is 2. The molecule has 1 fully saturated rings. The molecule has 1 aliphatic heterocycles. The molecule has 0 aromatic heterocycles. The summed E-state index contributed by atoms with van der Waals surface area (Å²) in [5, 5.41) is 7.98. The molecule has 1 N–H and O–H groups in total. The molecule has 1 heterocycles. The van der Waals surface area contributed by atoms with E-state index in [4.69, 9.17) is 0 Å². The van der Waals surface area contributed by atoms with E-state index in [1.165, 1.54) is 0 Å². The fraction of sp³-hybridized carbons (Fsp3) is 0.357. The van der Waals surface area contributed by atoms with Crippen molar-refractivity contribution in [2.75, 3.05) is 0 Å². The maximum absolute atomic E-state index is 12.4. The van der Waals surface area contributed by atoms with Crippen molar-refractivity contribution in [2.24, 2.45) is 5.10 Å². The number of nitrogens with one attached hydrogen (secondary N) is 1. The summed E-state index contributed by atoms with van der Waals surface area (Å²) >= 11 is 4.32. The van der Waals surface area contributed by atoms with Crippen LogP contribution in [0.4, 0.5) is 9.59 Å². The summed E-state index contributed by atoms with van der Waals surface area (Å²) in [6.07, 6.45) is 1.56. The van der Waals surface area contributed by atoms with Crippen LogP contribution in [0.1, 0.15) is 26.3 Å². The van der Waals surface area contributed by atoms with E-state index in [2.05, 4.69) is 23.0 Å². The zero-order chi connectivity index (χ0) is 15.6. The van der Waals surface area contributed by atoms with Gasteiger partial charge >= 0.3 is 12.1 Å². The second-order valence-electron chi connectivity index (χ2n) is 5.16. The van der Waals surface area contributed by atoms with Gasteiger partial charge in [-0.1, -0.05) is 30.3 Å². The van der Waals surface area contributed by atoms with Crippen molar-refractivity contribution in [3.05, 3.63) is 35.9 Å². The topological polar surface area (TPSA) is 65.0 Å². The molecule has 1 unspecified atom stereocenters. The minimum Gasteiger partial charge on any atom is -0.305 e. The summed E-state index contributed by atoms with van der Waals surface area (Å²) in [6, 6.07) is 8.14. The second-order valence-corrected chi connectivity index (χ2v) is 6.04. The third-order valence-corrected chi connectivity index (χ3v) is 3.30. The standard InChI is InChI=1S/C14H18N4O2S/c1-10(2)17-12(19)16-14(3,21)18(13(17)20)15-9-11-7-5-4-6-8-11/h4-10,21H,1-3H3,(H,16,19). The Morgan fingerprint density at radius 2 is 1.90 bits per heavy atom. The average Bonchev–Trinajstić information content (AvgIpc) is 2.37. The van der Waals surface area contributed by atoms with Crippen LogP contribution >= 0.6 is 12.6 Å². The highest BCUT2D eigenvalue weighted by Gasteiger charge is 2.45. The number of benzene rings is 1. The van der Waals surface area contributed by atoms with E-state index in [9.17, 15) is 9.59 Å².